The lowest BCUT2D eigenvalue weighted by Gasteiger charge is -2.52. The predicted molar refractivity (Wildman–Crippen MR) is 73.1 cm³/mol. The number of nitrogens with one attached hydrogen (secondary N) is 1. The Labute approximate surface area is 105 Å². The fraction of sp³-hybridized carbons (Fsp3) is 1.00. The molecule has 0 aromatic heterocycles. The van der Waals surface area contributed by atoms with Crippen molar-refractivity contribution in [3.05, 3.63) is 0 Å². The smallest absolute Gasteiger partial charge is 0.0656 e. The van der Waals surface area contributed by atoms with Crippen LogP contribution in [0.2, 0.25) is 0 Å². The summed E-state index contributed by atoms with van der Waals surface area (Å²) in [7, 11) is 0. The van der Waals surface area contributed by atoms with Crippen LogP contribution in [0.3, 0.4) is 0 Å². The molecule has 0 amide bonds. The molecule has 96 valence electrons. The van der Waals surface area contributed by atoms with E-state index in [0.717, 1.165) is 13.2 Å². The van der Waals surface area contributed by atoms with Gasteiger partial charge in [0.2, 0.25) is 0 Å². The molecule has 1 rings (SSSR count). The van der Waals surface area contributed by atoms with Crippen LogP contribution in [0.15, 0.2) is 0 Å². The molecule has 0 spiro atoms. The number of ether oxygens (including phenoxy) is 1. The van der Waals surface area contributed by atoms with Gasteiger partial charge in [0.25, 0.3) is 0 Å². The highest BCUT2D eigenvalue weighted by Crippen LogP contribution is 2.42. The molecule has 0 radical (unpaired) electrons. The van der Waals surface area contributed by atoms with Crippen LogP contribution in [0.4, 0.5) is 0 Å². The quantitative estimate of drug-likeness (QED) is 0.697. The molecule has 16 heavy (non-hydrogen) atoms. The van der Waals surface area contributed by atoms with Crippen molar-refractivity contribution < 1.29 is 4.74 Å². The second-order valence-electron chi connectivity index (χ2n) is 5.77. The highest BCUT2D eigenvalue weighted by Gasteiger charge is 2.48. The minimum atomic E-state index is 0.299. The molecule has 0 saturated heterocycles. The maximum atomic E-state index is 5.95. The van der Waals surface area contributed by atoms with Gasteiger partial charge in [-0.2, -0.15) is 11.8 Å². The van der Waals surface area contributed by atoms with Crippen LogP contribution in [-0.2, 0) is 4.74 Å². The minimum absolute atomic E-state index is 0.299. The standard InChI is InChI=1S/C13H27NOS/c1-10(2)9-15-12-8-11(13(12,3)4)14-6-7-16-5/h10-12,14H,6-9H2,1-5H3. The van der Waals surface area contributed by atoms with Gasteiger partial charge in [-0.1, -0.05) is 27.7 Å². The van der Waals surface area contributed by atoms with Crippen LogP contribution in [0.5, 0.6) is 0 Å². The van der Waals surface area contributed by atoms with Crippen LogP contribution >= 0.6 is 11.8 Å². The van der Waals surface area contributed by atoms with Gasteiger partial charge < -0.3 is 10.1 Å². The minimum Gasteiger partial charge on any atom is -0.377 e. The van der Waals surface area contributed by atoms with E-state index in [1.807, 2.05) is 11.8 Å². The normalized spacial score (nSPS) is 28.1. The summed E-state index contributed by atoms with van der Waals surface area (Å²) in [6.07, 6.45) is 3.78. The third-order valence-electron chi connectivity index (χ3n) is 3.51. The van der Waals surface area contributed by atoms with Gasteiger partial charge in [0.1, 0.15) is 0 Å². The fourth-order valence-electron chi connectivity index (χ4n) is 2.16. The molecule has 1 saturated carbocycles. The van der Waals surface area contributed by atoms with E-state index in [-0.39, 0.29) is 0 Å². The Hall–Kier alpha value is 0.270. The van der Waals surface area contributed by atoms with Crippen LogP contribution in [0.25, 0.3) is 0 Å². The van der Waals surface area contributed by atoms with Crippen molar-refractivity contribution in [2.45, 2.75) is 46.3 Å². The van der Waals surface area contributed by atoms with Crippen molar-refractivity contribution in [2.24, 2.45) is 11.3 Å². The summed E-state index contributed by atoms with van der Waals surface area (Å²) in [4.78, 5) is 0. The van der Waals surface area contributed by atoms with Gasteiger partial charge in [0.05, 0.1) is 6.10 Å². The van der Waals surface area contributed by atoms with Gasteiger partial charge in [-0.25, -0.2) is 0 Å². The molecule has 0 aromatic rings. The molecule has 1 aliphatic rings. The second kappa shape index (κ2) is 6.27. The van der Waals surface area contributed by atoms with Crippen LogP contribution < -0.4 is 5.32 Å². The van der Waals surface area contributed by atoms with Crippen molar-refractivity contribution in [1.29, 1.82) is 0 Å². The van der Waals surface area contributed by atoms with E-state index in [1.165, 1.54) is 12.2 Å². The average molecular weight is 245 g/mol. The Kier molecular flexibility index (Phi) is 5.62. The van der Waals surface area contributed by atoms with Crippen molar-refractivity contribution in [1.82, 2.24) is 5.32 Å². The van der Waals surface area contributed by atoms with Gasteiger partial charge in [-0.05, 0) is 18.6 Å². The van der Waals surface area contributed by atoms with Gasteiger partial charge in [0.15, 0.2) is 0 Å². The van der Waals surface area contributed by atoms with E-state index in [1.54, 1.807) is 0 Å². The molecule has 1 fully saturated rings. The second-order valence-corrected chi connectivity index (χ2v) is 6.76. The van der Waals surface area contributed by atoms with Crippen molar-refractivity contribution in [3.8, 4) is 0 Å². The molecule has 0 aliphatic heterocycles. The molecule has 1 N–H and O–H groups in total. The lowest BCUT2D eigenvalue weighted by Crippen LogP contribution is -2.61. The van der Waals surface area contributed by atoms with Crippen molar-refractivity contribution in [2.75, 3.05) is 25.2 Å². The maximum Gasteiger partial charge on any atom is 0.0656 e. The summed E-state index contributed by atoms with van der Waals surface area (Å²) in [5.74, 6) is 1.84. The molecule has 2 atom stereocenters. The zero-order valence-corrected chi connectivity index (χ0v) is 12.2. The summed E-state index contributed by atoms with van der Waals surface area (Å²) in [5.41, 5.74) is 0.299. The summed E-state index contributed by atoms with van der Waals surface area (Å²) in [6.45, 7) is 11.1. The molecule has 0 bridgehead atoms. The van der Waals surface area contributed by atoms with Crippen LogP contribution in [0, 0.1) is 11.3 Å². The third-order valence-corrected chi connectivity index (χ3v) is 4.12. The van der Waals surface area contributed by atoms with Gasteiger partial charge in [-0.3, -0.25) is 0 Å². The van der Waals surface area contributed by atoms with E-state index in [2.05, 4.69) is 39.3 Å². The monoisotopic (exact) mass is 245 g/mol. The van der Waals surface area contributed by atoms with Crippen LogP contribution in [0.1, 0.15) is 34.1 Å². The first-order chi connectivity index (χ1) is 7.48. The van der Waals surface area contributed by atoms with Gasteiger partial charge in [-0.15, -0.1) is 0 Å². The van der Waals surface area contributed by atoms with E-state index in [9.17, 15) is 0 Å². The number of rotatable bonds is 7. The van der Waals surface area contributed by atoms with Gasteiger partial charge >= 0.3 is 0 Å². The molecular formula is C13H27NOS. The first kappa shape index (κ1) is 14.3. The number of hydrogen-bond donors (Lipinski definition) is 1. The molecule has 1 aliphatic carbocycles. The molecule has 2 unspecified atom stereocenters. The maximum absolute atomic E-state index is 5.95. The van der Waals surface area contributed by atoms with Crippen molar-refractivity contribution >= 4 is 11.8 Å². The van der Waals surface area contributed by atoms with Crippen LogP contribution in [-0.4, -0.2) is 37.3 Å². The van der Waals surface area contributed by atoms with E-state index in [4.69, 9.17) is 4.74 Å². The molecule has 3 heteroatoms. The molecular weight excluding hydrogens is 218 g/mol. The first-order valence-corrected chi connectivity index (χ1v) is 7.71. The number of hydrogen-bond acceptors (Lipinski definition) is 3. The zero-order chi connectivity index (χ0) is 12.2. The Bertz CT molecular complexity index is 206. The van der Waals surface area contributed by atoms with E-state index in [0.29, 0.717) is 23.5 Å². The summed E-state index contributed by atoms with van der Waals surface area (Å²) < 4.78 is 5.95. The third kappa shape index (κ3) is 3.64. The lowest BCUT2D eigenvalue weighted by atomic mass is 9.64. The Morgan fingerprint density at radius 2 is 2.12 bits per heavy atom. The zero-order valence-electron chi connectivity index (χ0n) is 11.4. The van der Waals surface area contributed by atoms with E-state index < -0.39 is 0 Å². The average Bonchev–Trinajstić information content (AvgIpc) is 2.20. The largest absolute Gasteiger partial charge is 0.377 e. The lowest BCUT2D eigenvalue weighted by molar-refractivity contribution is -0.123. The Morgan fingerprint density at radius 3 is 2.62 bits per heavy atom. The summed E-state index contributed by atoms with van der Waals surface area (Å²) >= 11 is 1.90. The van der Waals surface area contributed by atoms with E-state index >= 15 is 0 Å². The summed E-state index contributed by atoms with van der Waals surface area (Å²) in [5, 5.41) is 3.63. The van der Waals surface area contributed by atoms with Gasteiger partial charge in [0, 0.05) is 30.4 Å². The summed E-state index contributed by atoms with van der Waals surface area (Å²) in [6, 6.07) is 0.636. The first-order valence-electron chi connectivity index (χ1n) is 6.32. The molecule has 2 nitrogen and oxygen atoms in total. The fourth-order valence-corrected chi connectivity index (χ4v) is 2.48. The Morgan fingerprint density at radius 1 is 1.44 bits per heavy atom. The topological polar surface area (TPSA) is 21.3 Å². The number of thioether (sulfide) groups is 1. The molecule has 0 aromatic carbocycles. The van der Waals surface area contributed by atoms with Crippen molar-refractivity contribution in [3.63, 3.8) is 0 Å². The SMILES string of the molecule is CSCCNC1CC(OCC(C)C)C1(C)C. The highest BCUT2D eigenvalue weighted by molar-refractivity contribution is 7.98. The molecule has 0 heterocycles. The predicted octanol–water partition coefficient (Wildman–Crippen LogP) is 2.78. The highest BCUT2D eigenvalue weighted by atomic mass is 32.2. The Balaban J connectivity index is 2.24.